The fourth-order valence-electron chi connectivity index (χ4n) is 0.500. The average Bonchev–Trinajstić information content (AvgIpc) is 1.87. The van der Waals surface area contributed by atoms with Crippen molar-refractivity contribution in [2.45, 2.75) is 6.04 Å². The molecule has 1 unspecified atom stereocenters. The third-order valence-electron chi connectivity index (χ3n) is 0.821. The molecular weight excluding hydrogens is 108 g/mol. The third-order valence-corrected chi connectivity index (χ3v) is 1.84. The van der Waals surface area contributed by atoms with Gasteiger partial charge in [0.15, 0.2) is 0 Å². The lowest BCUT2D eigenvalue weighted by Gasteiger charge is -1.89. The number of nitrogens with two attached hydrogens (primary N) is 2. The zero-order chi connectivity index (χ0) is 5.28. The third kappa shape index (κ3) is 1.11. The molecular formula is C4H8N2S. The van der Waals surface area contributed by atoms with Gasteiger partial charge in [0.1, 0.15) is 0 Å². The molecule has 1 rings (SSSR count). The summed E-state index contributed by atoms with van der Waals surface area (Å²) in [5, 5.41) is 0.868. The minimum Gasteiger partial charge on any atom is -0.394 e. The molecule has 0 amide bonds. The van der Waals surface area contributed by atoms with Crippen LogP contribution < -0.4 is 11.5 Å². The van der Waals surface area contributed by atoms with Gasteiger partial charge in [-0.25, -0.2) is 0 Å². The van der Waals surface area contributed by atoms with Crippen molar-refractivity contribution in [1.82, 2.24) is 0 Å². The summed E-state index contributed by atoms with van der Waals surface area (Å²) in [6, 6.07) is 0.199. The van der Waals surface area contributed by atoms with Crippen LogP contribution in [0.3, 0.4) is 0 Å². The predicted molar refractivity (Wildman–Crippen MR) is 32.7 cm³/mol. The van der Waals surface area contributed by atoms with E-state index in [9.17, 15) is 0 Å². The fourth-order valence-corrected chi connectivity index (χ4v) is 1.25. The quantitative estimate of drug-likeness (QED) is 0.463. The van der Waals surface area contributed by atoms with E-state index >= 15 is 0 Å². The predicted octanol–water partition coefficient (Wildman–Crippen LogP) is -0.139. The van der Waals surface area contributed by atoms with Gasteiger partial charge in [0.2, 0.25) is 0 Å². The first kappa shape index (κ1) is 5.00. The summed E-state index contributed by atoms with van der Waals surface area (Å²) in [6.07, 6.45) is 1.88. The van der Waals surface area contributed by atoms with Gasteiger partial charge >= 0.3 is 0 Å². The van der Waals surface area contributed by atoms with Crippen LogP contribution in [0.4, 0.5) is 0 Å². The zero-order valence-corrected chi connectivity index (χ0v) is 4.74. The van der Waals surface area contributed by atoms with Gasteiger partial charge < -0.3 is 11.5 Å². The van der Waals surface area contributed by atoms with Crippen LogP contribution in [0, 0.1) is 0 Å². The lowest BCUT2D eigenvalue weighted by Crippen LogP contribution is -2.15. The van der Waals surface area contributed by atoms with Crippen molar-refractivity contribution in [2.24, 2.45) is 11.5 Å². The number of rotatable bonds is 0. The highest BCUT2D eigenvalue weighted by Gasteiger charge is 2.07. The molecule has 0 bridgehead atoms. The molecule has 0 fully saturated rings. The molecule has 1 aliphatic heterocycles. The Bertz CT molecular complexity index is 99.9. The van der Waals surface area contributed by atoms with Crippen molar-refractivity contribution in [3.63, 3.8) is 0 Å². The van der Waals surface area contributed by atoms with E-state index in [2.05, 4.69) is 0 Å². The Balaban J connectivity index is 2.50. The molecule has 40 valence electrons. The van der Waals surface area contributed by atoms with Gasteiger partial charge in [0, 0.05) is 11.8 Å². The number of thioether (sulfide) groups is 1. The molecule has 1 aliphatic rings. The topological polar surface area (TPSA) is 52.0 Å². The van der Waals surface area contributed by atoms with E-state index in [1.54, 1.807) is 11.8 Å². The molecule has 0 saturated carbocycles. The average molecular weight is 116 g/mol. The van der Waals surface area contributed by atoms with E-state index in [0.29, 0.717) is 0 Å². The molecule has 1 atom stereocenters. The van der Waals surface area contributed by atoms with Crippen molar-refractivity contribution in [1.29, 1.82) is 0 Å². The molecule has 0 saturated heterocycles. The normalized spacial score (nSPS) is 30.4. The lowest BCUT2D eigenvalue weighted by atomic mass is 10.4. The van der Waals surface area contributed by atoms with Crippen LogP contribution in [0.2, 0.25) is 0 Å². The maximum absolute atomic E-state index is 5.45. The van der Waals surface area contributed by atoms with Crippen LogP contribution in [-0.4, -0.2) is 11.8 Å². The summed E-state index contributed by atoms with van der Waals surface area (Å²) in [5.41, 5.74) is 10.8. The van der Waals surface area contributed by atoms with Crippen molar-refractivity contribution < 1.29 is 0 Å². The first-order valence-corrected chi connectivity index (χ1v) is 3.13. The minimum absolute atomic E-state index is 0.199. The molecule has 3 heteroatoms. The monoisotopic (exact) mass is 116 g/mol. The van der Waals surface area contributed by atoms with Gasteiger partial charge in [-0.15, -0.1) is 11.8 Å². The highest BCUT2D eigenvalue weighted by Crippen LogP contribution is 2.17. The molecule has 4 N–H and O–H groups in total. The van der Waals surface area contributed by atoms with E-state index < -0.39 is 0 Å². The Kier molecular flexibility index (Phi) is 1.25. The Labute approximate surface area is 46.9 Å². The summed E-state index contributed by atoms with van der Waals surface area (Å²) in [7, 11) is 0. The van der Waals surface area contributed by atoms with E-state index in [1.807, 2.05) is 6.08 Å². The Morgan fingerprint density at radius 3 is 2.71 bits per heavy atom. The SMILES string of the molecule is NC1=CC(N)CS1. The molecule has 1 heterocycles. The minimum atomic E-state index is 0.199. The second kappa shape index (κ2) is 1.76. The van der Waals surface area contributed by atoms with Gasteiger partial charge in [0.05, 0.1) is 5.03 Å². The molecule has 0 aromatic carbocycles. The first-order valence-electron chi connectivity index (χ1n) is 2.15. The Hall–Kier alpha value is -0.150. The van der Waals surface area contributed by atoms with Gasteiger partial charge in [-0.3, -0.25) is 0 Å². The molecule has 0 radical (unpaired) electrons. The zero-order valence-electron chi connectivity index (χ0n) is 3.92. The molecule has 7 heavy (non-hydrogen) atoms. The van der Waals surface area contributed by atoms with Crippen LogP contribution in [0.1, 0.15) is 0 Å². The fraction of sp³-hybridized carbons (Fsp3) is 0.500. The summed E-state index contributed by atoms with van der Waals surface area (Å²) >= 11 is 1.62. The highest BCUT2D eigenvalue weighted by atomic mass is 32.2. The number of hydrogen-bond acceptors (Lipinski definition) is 3. The van der Waals surface area contributed by atoms with Gasteiger partial charge in [-0.1, -0.05) is 0 Å². The Morgan fingerprint density at radius 2 is 2.57 bits per heavy atom. The molecule has 0 aromatic heterocycles. The molecule has 0 spiro atoms. The maximum Gasteiger partial charge on any atom is 0.0631 e. The van der Waals surface area contributed by atoms with E-state index in [-0.39, 0.29) is 6.04 Å². The molecule has 0 aliphatic carbocycles. The van der Waals surface area contributed by atoms with Crippen molar-refractivity contribution >= 4 is 11.8 Å². The maximum atomic E-state index is 5.45. The van der Waals surface area contributed by atoms with Crippen LogP contribution >= 0.6 is 11.8 Å². The van der Waals surface area contributed by atoms with Crippen molar-refractivity contribution in [3.8, 4) is 0 Å². The molecule has 2 nitrogen and oxygen atoms in total. The van der Waals surface area contributed by atoms with Crippen LogP contribution in [0.15, 0.2) is 11.1 Å². The standard InChI is InChI=1S/C4H8N2S/c5-3-1-4(6)7-2-3/h1,3H,2,5-6H2. The van der Waals surface area contributed by atoms with Crippen molar-refractivity contribution in [2.75, 3.05) is 5.75 Å². The summed E-state index contributed by atoms with van der Waals surface area (Å²) in [6.45, 7) is 0. The summed E-state index contributed by atoms with van der Waals surface area (Å²) in [5.74, 6) is 0.950. The van der Waals surface area contributed by atoms with E-state index in [1.165, 1.54) is 0 Å². The Morgan fingerprint density at radius 1 is 1.86 bits per heavy atom. The van der Waals surface area contributed by atoms with Gasteiger partial charge in [-0.05, 0) is 6.08 Å². The number of hydrogen-bond donors (Lipinski definition) is 2. The highest BCUT2D eigenvalue weighted by molar-refractivity contribution is 8.03. The van der Waals surface area contributed by atoms with Crippen LogP contribution in [0.5, 0.6) is 0 Å². The second-order valence-electron chi connectivity index (χ2n) is 1.54. The summed E-state index contributed by atoms with van der Waals surface area (Å²) in [4.78, 5) is 0. The second-order valence-corrected chi connectivity index (χ2v) is 2.64. The lowest BCUT2D eigenvalue weighted by molar-refractivity contribution is 0.951. The van der Waals surface area contributed by atoms with E-state index in [0.717, 1.165) is 10.8 Å². The van der Waals surface area contributed by atoms with Crippen LogP contribution in [-0.2, 0) is 0 Å². The van der Waals surface area contributed by atoms with E-state index in [4.69, 9.17) is 11.5 Å². The van der Waals surface area contributed by atoms with Gasteiger partial charge in [-0.2, -0.15) is 0 Å². The first-order chi connectivity index (χ1) is 3.29. The van der Waals surface area contributed by atoms with Crippen molar-refractivity contribution in [3.05, 3.63) is 11.1 Å². The smallest absolute Gasteiger partial charge is 0.0631 e. The molecule has 0 aromatic rings. The van der Waals surface area contributed by atoms with Gasteiger partial charge in [0.25, 0.3) is 0 Å². The summed E-state index contributed by atoms with van der Waals surface area (Å²) < 4.78 is 0. The largest absolute Gasteiger partial charge is 0.394 e. The van der Waals surface area contributed by atoms with Crippen LogP contribution in [0.25, 0.3) is 0 Å².